The summed E-state index contributed by atoms with van der Waals surface area (Å²) in [5.74, 6) is -3.01. The number of phenolic OH excluding ortho intramolecular Hbond substituents is 2. The Hall–Kier alpha value is -4.00. The summed E-state index contributed by atoms with van der Waals surface area (Å²) in [5.41, 5.74) is -0.522. The van der Waals surface area contributed by atoms with E-state index in [0.717, 1.165) is 6.08 Å². The van der Waals surface area contributed by atoms with E-state index < -0.39 is 34.4 Å². The monoisotopic (exact) mass is 416 g/mol. The lowest BCUT2D eigenvalue weighted by molar-refractivity contribution is 0.00569. The quantitative estimate of drug-likeness (QED) is 0.730. The first-order chi connectivity index (χ1) is 14.5. The zero-order valence-electron chi connectivity index (χ0n) is 16.8. The standard InChI is InChI=1S/C24H16O7/c1-9-8-14(25)15-12(18(9)26)6-4-10(19(15)27)11-5-7-13-16(20(11)28)22(30)23-17(21(13)29)24(2,3)31-23/h4-8,27-28H,1-3H3. The smallest absolute Gasteiger partial charge is 0.232 e. The number of fused-ring (bicyclic) bond motifs is 2. The zero-order valence-corrected chi connectivity index (χ0v) is 16.8. The van der Waals surface area contributed by atoms with Gasteiger partial charge in [-0.15, -0.1) is 0 Å². The zero-order chi connectivity index (χ0) is 22.4. The van der Waals surface area contributed by atoms with Gasteiger partial charge in [0, 0.05) is 27.8 Å². The predicted octanol–water partition coefficient (Wildman–Crippen LogP) is 3.53. The van der Waals surface area contributed by atoms with Crippen LogP contribution in [0.25, 0.3) is 11.1 Å². The number of carbonyl (C=O) groups excluding carboxylic acids is 4. The van der Waals surface area contributed by atoms with E-state index in [1.165, 1.54) is 31.2 Å². The molecule has 2 aliphatic carbocycles. The fraction of sp³-hybridized carbons (Fsp3) is 0.167. The normalized spacial score (nSPS) is 18.6. The Bertz CT molecular complexity index is 1370. The lowest BCUT2D eigenvalue weighted by atomic mass is 9.76. The maximum atomic E-state index is 12.9. The molecule has 3 aliphatic rings. The van der Waals surface area contributed by atoms with Crippen LogP contribution in [0.15, 0.2) is 47.2 Å². The van der Waals surface area contributed by atoms with Crippen LogP contribution < -0.4 is 0 Å². The minimum atomic E-state index is -0.886. The molecule has 0 atom stereocenters. The van der Waals surface area contributed by atoms with E-state index in [9.17, 15) is 29.4 Å². The van der Waals surface area contributed by atoms with Crippen LogP contribution in [0.5, 0.6) is 11.5 Å². The van der Waals surface area contributed by atoms with Gasteiger partial charge in [-0.2, -0.15) is 0 Å². The summed E-state index contributed by atoms with van der Waals surface area (Å²) in [7, 11) is 0. The van der Waals surface area contributed by atoms with E-state index >= 15 is 0 Å². The number of hydrogen-bond acceptors (Lipinski definition) is 7. The lowest BCUT2D eigenvalue weighted by Gasteiger charge is -2.41. The SMILES string of the molecule is CC1=CC(=O)c2c(ccc(-c3ccc4c(c3O)C(=O)C3=C(C4=O)C(C)(C)O3)c2O)C1=O. The summed E-state index contributed by atoms with van der Waals surface area (Å²) in [6, 6.07) is 5.58. The van der Waals surface area contributed by atoms with Gasteiger partial charge in [0.2, 0.25) is 5.78 Å². The van der Waals surface area contributed by atoms with Crippen LogP contribution in [0.2, 0.25) is 0 Å². The van der Waals surface area contributed by atoms with Crippen molar-refractivity contribution in [3.63, 3.8) is 0 Å². The minimum absolute atomic E-state index is 0.0450. The van der Waals surface area contributed by atoms with Gasteiger partial charge in [0.1, 0.15) is 17.1 Å². The molecular formula is C24H16O7. The average Bonchev–Trinajstić information content (AvgIpc) is 2.69. The number of hydrogen-bond donors (Lipinski definition) is 2. The second-order valence-electron chi connectivity index (χ2n) is 8.26. The van der Waals surface area contributed by atoms with Gasteiger partial charge in [0.25, 0.3) is 0 Å². The van der Waals surface area contributed by atoms with Crippen LogP contribution in [0.3, 0.4) is 0 Å². The van der Waals surface area contributed by atoms with Crippen molar-refractivity contribution in [1.82, 2.24) is 0 Å². The number of ether oxygens (including phenoxy) is 1. The number of aromatic hydroxyl groups is 2. The molecule has 1 aliphatic heterocycles. The molecule has 154 valence electrons. The van der Waals surface area contributed by atoms with E-state index in [4.69, 9.17) is 4.74 Å². The summed E-state index contributed by atoms with van der Waals surface area (Å²) in [6.07, 6.45) is 1.15. The molecule has 5 rings (SSSR count). The largest absolute Gasteiger partial charge is 0.507 e. The van der Waals surface area contributed by atoms with Crippen molar-refractivity contribution in [2.45, 2.75) is 26.4 Å². The van der Waals surface area contributed by atoms with Gasteiger partial charge in [-0.25, -0.2) is 0 Å². The molecule has 0 unspecified atom stereocenters. The highest BCUT2D eigenvalue weighted by Crippen LogP contribution is 2.49. The van der Waals surface area contributed by atoms with Gasteiger partial charge >= 0.3 is 0 Å². The number of rotatable bonds is 1. The van der Waals surface area contributed by atoms with Crippen LogP contribution in [-0.4, -0.2) is 38.9 Å². The van der Waals surface area contributed by atoms with E-state index in [1.807, 2.05) is 0 Å². The first kappa shape index (κ1) is 19.0. The number of allylic oxidation sites excluding steroid dienone is 3. The molecule has 7 nitrogen and oxygen atoms in total. The molecule has 2 N–H and O–H groups in total. The first-order valence-electron chi connectivity index (χ1n) is 9.57. The highest BCUT2D eigenvalue weighted by Gasteiger charge is 2.51. The summed E-state index contributed by atoms with van der Waals surface area (Å²) >= 11 is 0. The second kappa shape index (κ2) is 5.78. The number of Topliss-reactive ketones (excluding diaryl/α,β-unsaturated/α-hetero) is 3. The molecule has 0 fully saturated rings. The molecule has 0 saturated heterocycles. The Morgan fingerprint density at radius 1 is 0.742 bits per heavy atom. The maximum Gasteiger partial charge on any atom is 0.232 e. The Morgan fingerprint density at radius 3 is 1.84 bits per heavy atom. The predicted molar refractivity (Wildman–Crippen MR) is 108 cm³/mol. The summed E-state index contributed by atoms with van der Waals surface area (Å²) in [4.78, 5) is 50.5. The van der Waals surface area contributed by atoms with Crippen LogP contribution in [0.1, 0.15) is 62.2 Å². The molecule has 2 aromatic carbocycles. The molecule has 0 radical (unpaired) electrons. The second-order valence-corrected chi connectivity index (χ2v) is 8.26. The fourth-order valence-electron chi connectivity index (χ4n) is 4.39. The molecule has 1 heterocycles. The number of ketones is 4. The number of benzene rings is 2. The molecule has 0 aromatic heterocycles. The number of carbonyl (C=O) groups is 4. The molecule has 0 bridgehead atoms. The van der Waals surface area contributed by atoms with Crippen molar-refractivity contribution in [3.05, 3.63) is 69.5 Å². The summed E-state index contributed by atoms with van der Waals surface area (Å²) < 4.78 is 5.46. The van der Waals surface area contributed by atoms with Gasteiger partial charge in [-0.3, -0.25) is 19.2 Å². The van der Waals surface area contributed by atoms with Crippen LogP contribution in [0, 0.1) is 0 Å². The van der Waals surface area contributed by atoms with Gasteiger partial charge < -0.3 is 14.9 Å². The molecule has 0 amide bonds. The minimum Gasteiger partial charge on any atom is -0.507 e. The Balaban J connectivity index is 1.70. The Morgan fingerprint density at radius 2 is 1.26 bits per heavy atom. The van der Waals surface area contributed by atoms with Crippen LogP contribution in [0.4, 0.5) is 0 Å². The van der Waals surface area contributed by atoms with Crippen molar-refractivity contribution in [1.29, 1.82) is 0 Å². The lowest BCUT2D eigenvalue weighted by Crippen LogP contribution is -2.46. The van der Waals surface area contributed by atoms with Gasteiger partial charge in [0.15, 0.2) is 23.1 Å². The van der Waals surface area contributed by atoms with Crippen molar-refractivity contribution < 1.29 is 34.1 Å². The van der Waals surface area contributed by atoms with Crippen molar-refractivity contribution in [2.24, 2.45) is 0 Å². The van der Waals surface area contributed by atoms with Crippen LogP contribution >= 0.6 is 0 Å². The molecule has 0 spiro atoms. The first-order valence-corrected chi connectivity index (χ1v) is 9.57. The van der Waals surface area contributed by atoms with Gasteiger partial charge in [0.05, 0.1) is 16.7 Å². The van der Waals surface area contributed by atoms with E-state index in [0.29, 0.717) is 0 Å². The van der Waals surface area contributed by atoms with E-state index in [1.54, 1.807) is 13.8 Å². The summed E-state index contributed by atoms with van der Waals surface area (Å²) in [6.45, 7) is 4.87. The van der Waals surface area contributed by atoms with Gasteiger partial charge in [-0.05, 0) is 51.1 Å². The third-order valence-corrected chi connectivity index (χ3v) is 5.93. The average molecular weight is 416 g/mol. The molecular weight excluding hydrogens is 400 g/mol. The molecule has 31 heavy (non-hydrogen) atoms. The fourth-order valence-corrected chi connectivity index (χ4v) is 4.39. The van der Waals surface area contributed by atoms with Crippen molar-refractivity contribution >= 4 is 23.1 Å². The van der Waals surface area contributed by atoms with E-state index in [-0.39, 0.29) is 56.1 Å². The highest BCUT2D eigenvalue weighted by molar-refractivity contribution is 6.30. The molecule has 7 heteroatoms. The van der Waals surface area contributed by atoms with Gasteiger partial charge in [-0.1, -0.05) is 0 Å². The molecule has 2 aromatic rings. The third kappa shape index (κ3) is 2.28. The third-order valence-electron chi connectivity index (χ3n) is 5.93. The Labute approximate surface area is 176 Å². The highest BCUT2D eigenvalue weighted by atomic mass is 16.5. The Kier molecular flexibility index (Phi) is 3.54. The van der Waals surface area contributed by atoms with Crippen LogP contribution in [-0.2, 0) is 4.74 Å². The van der Waals surface area contributed by atoms with E-state index in [2.05, 4.69) is 0 Å². The van der Waals surface area contributed by atoms with Crippen molar-refractivity contribution in [2.75, 3.05) is 0 Å². The molecule has 0 saturated carbocycles. The number of phenols is 2. The topological polar surface area (TPSA) is 118 Å². The summed E-state index contributed by atoms with van der Waals surface area (Å²) in [5, 5.41) is 21.7. The maximum absolute atomic E-state index is 12.9. The van der Waals surface area contributed by atoms with Crippen molar-refractivity contribution in [3.8, 4) is 22.6 Å².